The molecule has 0 fully saturated rings. The van der Waals surface area contributed by atoms with Crippen LogP contribution in [-0.2, 0) is 6.54 Å². The molecule has 0 radical (unpaired) electrons. The Morgan fingerprint density at radius 1 is 1.50 bits per heavy atom. The monoisotopic (exact) mass is 289 g/mol. The molecule has 0 aliphatic carbocycles. The van der Waals surface area contributed by atoms with Crippen LogP contribution in [0.4, 0.5) is 5.69 Å². The topological polar surface area (TPSA) is 68.8 Å². The summed E-state index contributed by atoms with van der Waals surface area (Å²) < 4.78 is 7.17. The maximum absolute atomic E-state index is 5.31. The second kappa shape index (κ2) is 5.46. The molecular formula is C13H15N5OS. The van der Waals surface area contributed by atoms with Gasteiger partial charge in [0.05, 0.1) is 16.8 Å². The van der Waals surface area contributed by atoms with Crippen LogP contribution in [0.2, 0.25) is 0 Å². The van der Waals surface area contributed by atoms with E-state index >= 15 is 0 Å². The van der Waals surface area contributed by atoms with Gasteiger partial charge >= 0.3 is 0 Å². The van der Waals surface area contributed by atoms with Gasteiger partial charge in [-0.2, -0.15) is 10.1 Å². The van der Waals surface area contributed by atoms with Crippen LogP contribution in [0.5, 0.6) is 0 Å². The summed E-state index contributed by atoms with van der Waals surface area (Å²) in [6.07, 6.45) is 3.74. The quantitative estimate of drug-likeness (QED) is 0.781. The molecule has 1 N–H and O–H groups in total. The number of hydrogen-bond acceptors (Lipinski definition) is 6. The van der Waals surface area contributed by atoms with E-state index in [4.69, 9.17) is 4.52 Å². The Morgan fingerprint density at radius 2 is 2.40 bits per heavy atom. The molecule has 3 heterocycles. The van der Waals surface area contributed by atoms with Crippen LogP contribution in [0.1, 0.15) is 25.8 Å². The second-order valence-corrected chi connectivity index (χ2v) is 5.33. The van der Waals surface area contributed by atoms with Crippen molar-refractivity contribution in [2.24, 2.45) is 0 Å². The van der Waals surface area contributed by atoms with Crippen LogP contribution in [0.25, 0.3) is 10.7 Å². The second-order valence-electron chi connectivity index (χ2n) is 4.38. The first kappa shape index (κ1) is 12.9. The molecule has 0 aromatic carbocycles. The molecule has 0 saturated carbocycles. The first-order chi connectivity index (χ1) is 9.76. The summed E-state index contributed by atoms with van der Waals surface area (Å²) in [6, 6.07) is 3.88. The van der Waals surface area contributed by atoms with Gasteiger partial charge < -0.3 is 9.84 Å². The minimum absolute atomic E-state index is 0.0641. The maximum atomic E-state index is 5.31. The zero-order valence-electron chi connectivity index (χ0n) is 11.3. The number of hydrogen-bond donors (Lipinski definition) is 1. The van der Waals surface area contributed by atoms with Crippen molar-refractivity contribution < 1.29 is 4.52 Å². The van der Waals surface area contributed by atoms with Crippen LogP contribution in [0, 0.1) is 0 Å². The Hall–Kier alpha value is -2.15. The van der Waals surface area contributed by atoms with E-state index in [1.165, 1.54) is 0 Å². The molecule has 3 rings (SSSR count). The van der Waals surface area contributed by atoms with Crippen LogP contribution >= 0.6 is 11.3 Å². The number of anilines is 1. The Labute approximate surface area is 120 Å². The van der Waals surface area contributed by atoms with E-state index in [0.717, 1.165) is 17.1 Å². The lowest BCUT2D eigenvalue weighted by Gasteiger charge is -2.07. The fourth-order valence-corrected chi connectivity index (χ4v) is 2.49. The molecule has 6 nitrogen and oxygen atoms in total. The molecule has 7 heteroatoms. The van der Waals surface area contributed by atoms with Crippen molar-refractivity contribution in [3.8, 4) is 10.7 Å². The number of nitrogens with zero attached hydrogens (tertiary/aromatic N) is 4. The standard InChI is InChI=1S/C13H15N5OS/c1-3-18-8-10(7-14-18)15-9(2)13-16-12(17-19-13)11-5-4-6-20-11/h4-9,15H,3H2,1-2H3. The molecule has 0 spiro atoms. The third-order valence-electron chi connectivity index (χ3n) is 2.89. The maximum Gasteiger partial charge on any atom is 0.249 e. The van der Waals surface area contributed by atoms with Gasteiger partial charge in [-0.3, -0.25) is 4.68 Å². The van der Waals surface area contributed by atoms with E-state index in [0.29, 0.717) is 11.7 Å². The van der Waals surface area contributed by atoms with Crippen molar-refractivity contribution in [1.82, 2.24) is 19.9 Å². The molecule has 0 amide bonds. The highest BCUT2D eigenvalue weighted by Crippen LogP contribution is 2.24. The number of thiophene rings is 1. The summed E-state index contributed by atoms with van der Waals surface area (Å²) in [5, 5.41) is 13.5. The van der Waals surface area contributed by atoms with Gasteiger partial charge in [-0.1, -0.05) is 11.2 Å². The molecule has 0 saturated heterocycles. The number of rotatable bonds is 5. The average molecular weight is 289 g/mol. The Kier molecular flexibility index (Phi) is 3.51. The smallest absolute Gasteiger partial charge is 0.249 e. The van der Waals surface area contributed by atoms with Crippen molar-refractivity contribution in [3.05, 3.63) is 35.8 Å². The number of aromatic nitrogens is 4. The highest BCUT2D eigenvalue weighted by molar-refractivity contribution is 7.13. The van der Waals surface area contributed by atoms with Gasteiger partial charge in [-0.25, -0.2) is 0 Å². The highest BCUT2D eigenvalue weighted by Gasteiger charge is 2.16. The van der Waals surface area contributed by atoms with Crippen molar-refractivity contribution in [2.75, 3.05) is 5.32 Å². The number of aryl methyl sites for hydroxylation is 1. The van der Waals surface area contributed by atoms with Gasteiger partial charge in [-0.15, -0.1) is 11.3 Å². The van der Waals surface area contributed by atoms with Crippen LogP contribution in [-0.4, -0.2) is 19.9 Å². The van der Waals surface area contributed by atoms with Crippen LogP contribution in [0.3, 0.4) is 0 Å². The molecule has 1 unspecified atom stereocenters. The third kappa shape index (κ3) is 2.57. The molecule has 3 aromatic rings. The zero-order chi connectivity index (χ0) is 13.9. The molecule has 1 atom stereocenters. The van der Waals surface area contributed by atoms with Gasteiger partial charge in [0.2, 0.25) is 11.7 Å². The summed E-state index contributed by atoms with van der Waals surface area (Å²) >= 11 is 1.59. The van der Waals surface area contributed by atoms with Crippen molar-refractivity contribution in [1.29, 1.82) is 0 Å². The largest absolute Gasteiger partial charge is 0.371 e. The molecule has 0 aliphatic rings. The summed E-state index contributed by atoms with van der Waals surface area (Å²) in [7, 11) is 0. The molecule has 0 bridgehead atoms. The Bertz CT molecular complexity index is 673. The van der Waals surface area contributed by atoms with E-state index in [2.05, 4.69) is 20.6 Å². The Morgan fingerprint density at radius 3 is 3.10 bits per heavy atom. The van der Waals surface area contributed by atoms with Crippen LogP contribution in [0.15, 0.2) is 34.4 Å². The summed E-state index contributed by atoms with van der Waals surface area (Å²) in [4.78, 5) is 5.42. The molecule has 104 valence electrons. The zero-order valence-corrected chi connectivity index (χ0v) is 12.1. The van der Waals surface area contributed by atoms with Gasteiger partial charge in [0.25, 0.3) is 0 Å². The predicted molar refractivity (Wildman–Crippen MR) is 77.5 cm³/mol. The summed E-state index contributed by atoms with van der Waals surface area (Å²) in [5.74, 6) is 1.20. The fraction of sp³-hybridized carbons (Fsp3) is 0.308. The normalized spacial score (nSPS) is 12.5. The average Bonchev–Trinajstić information content (AvgIpc) is 3.19. The first-order valence-corrected chi connectivity index (χ1v) is 7.30. The minimum Gasteiger partial charge on any atom is -0.371 e. The fourth-order valence-electron chi connectivity index (χ4n) is 1.84. The van der Waals surface area contributed by atoms with E-state index < -0.39 is 0 Å². The lowest BCUT2D eigenvalue weighted by Crippen LogP contribution is -2.06. The minimum atomic E-state index is -0.0641. The van der Waals surface area contributed by atoms with E-state index in [-0.39, 0.29) is 6.04 Å². The lowest BCUT2D eigenvalue weighted by molar-refractivity contribution is 0.368. The van der Waals surface area contributed by atoms with Crippen molar-refractivity contribution in [3.63, 3.8) is 0 Å². The van der Waals surface area contributed by atoms with E-state index in [9.17, 15) is 0 Å². The summed E-state index contributed by atoms with van der Waals surface area (Å²) in [5.41, 5.74) is 0.940. The molecule has 0 aliphatic heterocycles. The molecular weight excluding hydrogens is 274 g/mol. The highest BCUT2D eigenvalue weighted by atomic mass is 32.1. The third-order valence-corrected chi connectivity index (χ3v) is 3.76. The Balaban J connectivity index is 1.72. The van der Waals surface area contributed by atoms with Gasteiger partial charge in [-0.05, 0) is 25.3 Å². The number of nitrogens with one attached hydrogen (secondary N) is 1. The van der Waals surface area contributed by atoms with Crippen molar-refractivity contribution >= 4 is 17.0 Å². The SMILES string of the molecule is CCn1cc(NC(C)c2nc(-c3cccs3)no2)cn1. The van der Waals surface area contributed by atoms with Gasteiger partial charge in [0, 0.05) is 12.7 Å². The molecule has 20 heavy (non-hydrogen) atoms. The van der Waals surface area contributed by atoms with Crippen LogP contribution < -0.4 is 5.32 Å². The first-order valence-electron chi connectivity index (χ1n) is 6.42. The van der Waals surface area contributed by atoms with Gasteiger partial charge in [0.1, 0.15) is 6.04 Å². The molecule has 3 aromatic heterocycles. The lowest BCUT2D eigenvalue weighted by atomic mass is 10.3. The van der Waals surface area contributed by atoms with Crippen molar-refractivity contribution in [2.45, 2.75) is 26.4 Å². The van der Waals surface area contributed by atoms with E-state index in [1.807, 2.05) is 42.2 Å². The van der Waals surface area contributed by atoms with Gasteiger partial charge in [0.15, 0.2) is 0 Å². The summed E-state index contributed by atoms with van der Waals surface area (Å²) in [6.45, 7) is 4.87. The van der Waals surface area contributed by atoms with E-state index in [1.54, 1.807) is 17.5 Å². The predicted octanol–water partition coefficient (Wildman–Crippen LogP) is 3.19.